The zero-order valence-corrected chi connectivity index (χ0v) is 26.2. The summed E-state index contributed by atoms with van der Waals surface area (Å²) >= 11 is 0. The maximum atomic E-state index is 13.7. The number of para-hydroxylation sites is 1. The molecule has 1 fully saturated rings. The molecule has 0 spiro atoms. The number of rotatable bonds is 7. The molecular weight excluding hydrogens is 608 g/mol. The van der Waals surface area contributed by atoms with Crippen LogP contribution in [0.1, 0.15) is 35.2 Å². The van der Waals surface area contributed by atoms with Gasteiger partial charge in [0.2, 0.25) is 23.6 Å². The first-order valence-corrected chi connectivity index (χ1v) is 15.4. The van der Waals surface area contributed by atoms with Crippen LogP contribution in [0.5, 0.6) is 5.75 Å². The van der Waals surface area contributed by atoms with Crippen LogP contribution in [0.4, 0.5) is 0 Å². The fourth-order valence-electron chi connectivity index (χ4n) is 6.01. The van der Waals surface area contributed by atoms with E-state index in [1.54, 1.807) is 29.2 Å². The lowest BCUT2D eigenvalue weighted by Gasteiger charge is -2.30. The third-order valence-electron chi connectivity index (χ3n) is 8.40. The number of nitrogens with one attached hydrogen (secondary N) is 3. The maximum absolute atomic E-state index is 13.7. The van der Waals surface area contributed by atoms with Crippen LogP contribution in [0, 0.1) is 0 Å². The van der Waals surface area contributed by atoms with Crippen molar-refractivity contribution in [2.45, 2.75) is 43.8 Å². The minimum atomic E-state index is -1.24. The molecule has 1 saturated heterocycles. The van der Waals surface area contributed by atoms with Gasteiger partial charge in [-0.15, -0.1) is 0 Å². The van der Waals surface area contributed by atoms with E-state index in [1.807, 2.05) is 30.5 Å². The summed E-state index contributed by atoms with van der Waals surface area (Å²) in [5.41, 5.74) is 2.08. The van der Waals surface area contributed by atoms with Gasteiger partial charge in [0.25, 0.3) is 5.91 Å². The van der Waals surface area contributed by atoms with Gasteiger partial charge < -0.3 is 40.2 Å². The molecule has 0 unspecified atom stereocenters. The summed E-state index contributed by atoms with van der Waals surface area (Å²) in [6.07, 6.45) is 1.58. The number of carbonyl (C=O) groups excluding carboxylic acids is 5. The number of carboxylic acids is 1. The highest BCUT2D eigenvalue weighted by Gasteiger charge is 2.38. The van der Waals surface area contributed by atoms with Crippen molar-refractivity contribution in [3.05, 3.63) is 65.9 Å². The van der Waals surface area contributed by atoms with E-state index in [9.17, 15) is 28.8 Å². The molecule has 3 heterocycles. The second-order valence-electron chi connectivity index (χ2n) is 12.0. The lowest BCUT2D eigenvalue weighted by atomic mass is 10.1. The number of ether oxygens (including phenoxy) is 1. The van der Waals surface area contributed by atoms with Crippen LogP contribution in [-0.2, 0) is 30.4 Å². The number of amides is 5. The quantitative estimate of drug-likeness (QED) is 0.290. The van der Waals surface area contributed by atoms with E-state index in [-0.39, 0.29) is 56.9 Å². The number of carboxylic acid groups (broad SMARTS) is 1. The second-order valence-corrected chi connectivity index (χ2v) is 12.0. The topological polar surface area (TPSA) is 181 Å². The van der Waals surface area contributed by atoms with Crippen molar-refractivity contribution in [2.24, 2.45) is 0 Å². The van der Waals surface area contributed by atoms with Crippen LogP contribution in [-0.4, -0.2) is 119 Å². The number of H-pyrrole nitrogens is 1. The molecule has 2 aromatic carbocycles. The summed E-state index contributed by atoms with van der Waals surface area (Å²) in [5, 5.41) is 15.5. The van der Waals surface area contributed by atoms with Crippen LogP contribution >= 0.6 is 0 Å². The molecule has 5 amide bonds. The van der Waals surface area contributed by atoms with Gasteiger partial charge in [-0.05, 0) is 36.2 Å². The zero-order chi connectivity index (χ0) is 33.7. The predicted molar refractivity (Wildman–Crippen MR) is 169 cm³/mol. The summed E-state index contributed by atoms with van der Waals surface area (Å²) in [4.78, 5) is 84.4. The molecule has 1 aromatic heterocycles. The van der Waals surface area contributed by atoms with Crippen LogP contribution in [0.25, 0.3) is 10.9 Å². The van der Waals surface area contributed by atoms with Crippen LogP contribution in [0.3, 0.4) is 0 Å². The zero-order valence-electron chi connectivity index (χ0n) is 26.2. The summed E-state index contributed by atoms with van der Waals surface area (Å²) in [6, 6.07) is 12.2. The van der Waals surface area contributed by atoms with Gasteiger partial charge in [-0.1, -0.05) is 24.3 Å². The number of aliphatic carboxylic acids is 1. The SMILES string of the molecule is CN1C[C@H](NC(=O)CCC(=O)O)C(=O)N(C)CC(=O)N2C[C@H](NC(=O)Cc3c[nH]c4ccccc34)C[C@H]2COc2cccc(c2)C1=O. The van der Waals surface area contributed by atoms with Gasteiger partial charge >= 0.3 is 5.97 Å². The van der Waals surface area contributed by atoms with Crippen molar-refractivity contribution < 1.29 is 38.6 Å². The minimum Gasteiger partial charge on any atom is -0.491 e. The summed E-state index contributed by atoms with van der Waals surface area (Å²) in [7, 11) is 2.90. The Labute approximate surface area is 271 Å². The van der Waals surface area contributed by atoms with E-state index < -0.39 is 42.2 Å². The van der Waals surface area contributed by atoms with E-state index in [1.165, 1.54) is 23.9 Å². The molecule has 14 heteroatoms. The monoisotopic (exact) mass is 646 g/mol. The number of aromatic nitrogens is 1. The third-order valence-corrected chi connectivity index (χ3v) is 8.40. The highest BCUT2D eigenvalue weighted by molar-refractivity contribution is 5.96. The number of benzene rings is 2. The highest BCUT2D eigenvalue weighted by Crippen LogP contribution is 2.23. The van der Waals surface area contributed by atoms with Gasteiger partial charge in [0.05, 0.1) is 25.4 Å². The standard InChI is InChI=1S/C33H38N6O8/c1-37-17-27(36-28(40)10-11-31(43)44)33(46)38(2)18-30(42)39-16-22(14-23(39)19-47-24-7-5-6-20(12-24)32(37)45)35-29(41)13-21-15-34-26-9-4-3-8-25(21)26/h3-9,12,15,22-23,27,34H,10-11,13-14,16-19H2,1-2H3,(H,35,41)(H,36,40)(H,43,44)/t22-,23+,27+/m1/s1. The van der Waals surface area contributed by atoms with E-state index in [0.29, 0.717) is 17.7 Å². The Bertz CT molecular complexity index is 1690. The number of fused-ring (bicyclic) bond motifs is 4. The predicted octanol–water partition coefficient (Wildman–Crippen LogP) is 0.769. The Morgan fingerprint density at radius 3 is 2.53 bits per heavy atom. The van der Waals surface area contributed by atoms with Gasteiger partial charge in [-0.3, -0.25) is 28.8 Å². The number of nitrogens with zero attached hydrogens (tertiary/aromatic N) is 3. The molecule has 0 saturated carbocycles. The molecule has 47 heavy (non-hydrogen) atoms. The molecule has 0 aliphatic carbocycles. The number of aromatic amines is 1. The number of hydrogen-bond acceptors (Lipinski definition) is 7. The second kappa shape index (κ2) is 14.4. The molecular formula is C33H38N6O8. The van der Waals surface area contributed by atoms with Crippen LogP contribution in [0.15, 0.2) is 54.7 Å². The van der Waals surface area contributed by atoms with E-state index in [4.69, 9.17) is 9.84 Å². The molecule has 248 valence electrons. The summed E-state index contributed by atoms with van der Waals surface area (Å²) in [5.74, 6) is -3.07. The molecule has 3 atom stereocenters. The first-order valence-electron chi connectivity index (χ1n) is 15.4. The molecule has 5 rings (SSSR count). The van der Waals surface area contributed by atoms with Crippen molar-refractivity contribution in [1.29, 1.82) is 0 Å². The van der Waals surface area contributed by atoms with E-state index >= 15 is 0 Å². The summed E-state index contributed by atoms with van der Waals surface area (Å²) < 4.78 is 6.06. The lowest BCUT2D eigenvalue weighted by molar-refractivity contribution is -0.142. The lowest BCUT2D eigenvalue weighted by Crippen LogP contribution is -2.55. The average molecular weight is 647 g/mol. The van der Waals surface area contributed by atoms with Gasteiger partial charge in [0, 0.05) is 62.3 Å². The largest absolute Gasteiger partial charge is 0.491 e. The maximum Gasteiger partial charge on any atom is 0.303 e. The van der Waals surface area contributed by atoms with Crippen molar-refractivity contribution >= 4 is 46.4 Å². The van der Waals surface area contributed by atoms with Crippen molar-refractivity contribution in [3.63, 3.8) is 0 Å². The van der Waals surface area contributed by atoms with Crippen molar-refractivity contribution in [3.8, 4) is 5.75 Å². The summed E-state index contributed by atoms with van der Waals surface area (Å²) in [6.45, 7) is -0.270. The van der Waals surface area contributed by atoms with Gasteiger partial charge in [0.15, 0.2) is 0 Å². The van der Waals surface area contributed by atoms with Crippen LogP contribution in [0.2, 0.25) is 0 Å². The molecule has 3 aromatic rings. The highest BCUT2D eigenvalue weighted by atomic mass is 16.5. The Balaban J connectivity index is 1.34. The van der Waals surface area contributed by atoms with Gasteiger partial charge in [0.1, 0.15) is 18.4 Å². The van der Waals surface area contributed by atoms with Crippen LogP contribution < -0.4 is 15.4 Å². The minimum absolute atomic E-state index is 0.0912. The smallest absolute Gasteiger partial charge is 0.303 e. The van der Waals surface area contributed by atoms with Gasteiger partial charge in [-0.2, -0.15) is 0 Å². The Morgan fingerprint density at radius 2 is 1.74 bits per heavy atom. The number of carbonyl (C=O) groups is 6. The van der Waals surface area contributed by atoms with Gasteiger partial charge in [-0.25, -0.2) is 0 Å². The van der Waals surface area contributed by atoms with E-state index in [0.717, 1.165) is 16.5 Å². The van der Waals surface area contributed by atoms with E-state index in [2.05, 4.69) is 15.6 Å². The Morgan fingerprint density at radius 1 is 0.957 bits per heavy atom. The first-order chi connectivity index (χ1) is 22.5. The Hall–Kier alpha value is -5.40. The normalized spacial score (nSPS) is 20.7. The molecule has 4 N–H and O–H groups in total. The molecule has 2 aliphatic heterocycles. The fraction of sp³-hybridized carbons (Fsp3) is 0.394. The van der Waals surface area contributed by atoms with Crippen molar-refractivity contribution in [2.75, 3.05) is 40.3 Å². The molecule has 2 bridgehead atoms. The molecule has 2 aliphatic rings. The molecule has 14 nitrogen and oxygen atoms in total. The third kappa shape index (κ3) is 8.07. The number of hydrogen-bond donors (Lipinski definition) is 4. The fourth-order valence-corrected chi connectivity index (χ4v) is 6.01. The Kier molecular flexibility index (Phi) is 10.1. The van der Waals surface area contributed by atoms with Crippen molar-refractivity contribution in [1.82, 2.24) is 30.3 Å². The number of likely N-dealkylation sites (N-methyl/N-ethyl adjacent to an activating group) is 2. The first kappa shape index (κ1) is 33.0. The average Bonchev–Trinajstić information content (AvgIpc) is 3.65. The molecule has 0 radical (unpaired) electrons.